The second kappa shape index (κ2) is 7.23. The summed E-state index contributed by atoms with van der Waals surface area (Å²) < 4.78 is 4.08. The fourth-order valence-corrected chi connectivity index (χ4v) is 3.18. The van der Waals surface area contributed by atoms with E-state index in [1.807, 2.05) is 23.4 Å². The molecular formula is C16H26N6O. The Bertz CT molecular complexity index is 612. The Kier molecular flexibility index (Phi) is 5.07. The number of aryl methyl sites for hydroxylation is 1. The second-order valence-electron chi connectivity index (χ2n) is 6.43. The number of imidazole rings is 1. The maximum atomic E-state index is 9.51. The van der Waals surface area contributed by atoms with Crippen LogP contribution >= 0.6 is 0 Å². The zero-order valence-electron chi connectivity index (χ0n) is 14.0. The quantitative estimate of drug-likeness (QED) is 0.873. The van der Waals surface area contributed by atoms with Gasteiger partial charge in [-0.15, -0.1) is 5.10 Å². The van der Waals surface area contributed by atoms with Crippen molar-refractivity contribution in [2.75, 3.05) is 13.1 Å². The minimum absolute atomic E-state index is 0.547. The third kappa shape index (κ3) is 3.97. The van der Waals surface area contributed by atoms with Crippen molar-refractivity contribution in [3.8, 4) is 0 Å². The first-order chi connectivity index (χ1) is 11.2. The molecule has 0 radical (unpaired) electrons. The summed E-state index contributed by atoms with van der Waals surface area (Å²) in [7, 11) is 0. The molecule has 23 heavy (non-hydrogen) atoms. The Morgan fingerprint density at radius 2 is 2.13 bits per heavy atom. The van der Waals surface area contributed by atoms with E-state index >= 15 is 0 Å². The molecule has 1 aliphatic rings. The fraction of sp³-hybridized carbons (Fsp3) is 0.688. The van der Waals surface area contributed by atoms with Crippen molar-refractivity contribution in [1.29, 1.82) is 0 Å². The Morgan fingerprint density at radius 3 is 2.78 bits per heavy atom. The smallest absolute Gasteiger partial charge is 0.111 e. The summed E-state index contributed by atoms with van der Waals surface area (Å²) in [6.07, 6.45) is 7.54. The maximum Gasteiger partial charge on any atom is 0.111 e. The average Bonchev–Trinajstić information content (AvgIpc) is 3.18. The van der Waals surface area contributed by atoms with Crippen molar-refractivity contribution < 1.29 is 5.11 Å². The summed E-state index contributed by atoms with van der Waals surface area (Å²) in [5.41, 5.74) is 1.94. The highest BCUT2D eigenvalue weighted by molar-refractivity contribution is 4.99. The molecule has 0 spiro atoms. The van der Waals surface area contributed by atoms with Gasteiger partial charge in [-0.25, -0.2) is 4.98 Å². The average molecular weight is 318 g/mol. The summed E-state index contributed by atoms with van der Waals surface area (Å²) in [5, 5.41) is 17.6. The van der Waals surface area contributed by atoms with Gasteiger partial charge in [0.1, 0.15) is 5.69 Å². The predicted octanol–water partition coefficient (Wildman–Crippen LogP) is 1.46. The summed E-state index contributed by atoms with van der Waals surface area (Å²) in [4.78, 5) is 6.75. The minimum Gasteiger partial charge on any atom is -0.387 e. The maximum absolute atomic E-state index is 9.51. The Hall–Kier alpha value is -1.73. The normalized spacial score (nSPS) is 18.4. The standard InChI is InChI=1S/C16H26N6O/c1-3-21-12-17-8-15(21)10-20-6-4-14(5-7-20)9-22-11-16(13(2)23)18-19-22/h8,11-14,23H,3-7,9-10H2,1-2H3. The van der Waals surface area contributed by atoms with E-state index in [4.69, 9.17) is 0 Å². The lowest BCUT2D eigenvalue weighted by molar-refractivity contribution is 0.161. The van der Waals surface area contributed by atoms with Crippen molar-refractivity contribution in [3.63, 3.8) is 0 Å². The van der Waals surface area contributed by atoms with E-state index in [2.05, 4.69) is 31.7 Å². The van der Waals surface area contributed by atoms with Crippen molar-refractivity contribution in [2.45, 2.75) is 52.4 Å². The summed E-state index contributed by atoms with van der Waals surface area (Å²) in [5.74, 6) is 0.630. The second-order valence-corrected chi connectivity index (χ2v) is 6.43. The number of likely N-dealkylation sites (tertiary alicyclic amines) is 1. The van der Waals surface area contributed by atoms with Gasteiger partial charge in [-0.2, -0.15) is 0 Å². The first-order valence-corrected chi connectivity index (χ1v) is 8.45. The molecule has 2 aromatic heterocycles. The number of nitrogens with zero attached hydrogens (tertiary/aromatic N) is 6. The third-order valence-corrected chi connectivity index (χ3v) is 4.66. The highest BCUT2D eigenvalue weighted by Crippen LogP contribution is 2.21. The molecule has 1 fully saturated rings. The van der Waals surface area contributed by atoms with E-state index in [0.717, 1.165) is 32.7 Å². The van der Waals surface area contributed by atoms with Crippen LogP contribution in [0.1, 0.15) is 44.2 Å². The molecule has 1 unspecified atom stereocenters. The van der Waals surface area contributed by atoms with Crippen LogP contribution in [0.3, 0.4) is 0 Å². The van der Waals surface area contributed by atoms with Gasteiger partial charge >= 0.3 is 0 Å². The Balaban J connectivity index is 1.48. The molecule has 7 nitrogen and oxygen atoms in total. The number of aliphatic hydroxyl groups is 1. The molecule has 0 bridgehead atoms. The Labute approximate surface area is 136 Å². The molecule has 1 atom stereocenters. The van der Waals surface area contributed by atoms with E-state index < -0.39 is 6.10 Å². The van der Waals surface area contributed by atoms with Crippen LogP contribution in [0.5, 0.6) is 0 Å². The molecule has 7 heteroatoms. The number of hydrogen-bond acceptors (Lipinski definition) is 5. The van der Waals surface area contributed by atoms with Gasteiger partial charge in [-0.3, -0.25) is 9.58 Å². The van der Waals surface area contributed by atoms with Gasteiger partial charge in [-0.05, 0) is 45.7 Å². The van der Waals surface area contributed by atoms with E-state index in [-0.39, 0.29) is 0 Å². The molecule has 1 saturated heterocycles. The van der Waals surface area contributed by atoms with Crippen molar-refractivity contribution in [3.05, 3.63) is 30.1 Å². The van der Waals surface area contributed by atoms with Gasteiger partial charge in [0.15, 0.2) is 0 Å². The minimum atomic E-state index is -0.547. The van der Waals surface area contributed by atoms with Crippen LogP contribution in [0.2, 0.25) is 0 Å². The first kappa shape index (κ1) is 16.1. The topological polar surface area (TPSA) is 72.0 Å². The van der Waals surface area contributed by atoms with Crippen LogP contribution in [0.4, 0.5) is 0 Å². The zero-order valence-corrected chi connectivity index (χ0v) is 14.0. The lowest BCUT2D eigenvalue weighted by Crippen LogP contribution is -2.35. The van der Waals surface area contributed by atoms with Gasteiger partial charge in [0.2, 0.25) is 0 Å². The fourth-order valence-electron chi connectivity index (χ4n) is 3.18. The van der Waals surface area contributed by atoms with Crippen LogP contribution in [0.25, 0.3) is 0 Å². The lowest BCUT2D eigenvalue weighted by Gasteiger charge is -2.31. The largest absolute Gasteiger partial charge is 0.387 e. The Morgan fingerprint density at radius 1 is 1.35 bits per heavy atom. The molecule has 3 rings (SSSR count). The molecule has 3 heterocycles. The molecular weight excluding hydrogens is 292 g/mol. The third-order valence-electron chi connectivity index (χ3n) is 4.66. The van der Waals surface area contributed by atoms with Crippen molar-refractivity contribution in [2.24, 2.45) is 5.92 Å². The highest BCUT2D eigenvalue weighted by Gasteiger charge is 2.21. The summed E-state index contributed by atoms with van der Waals surface area (Å²) >= 11 is 0. The number of piperidine rings is 1. The SMILES string of the molecule is CCn1cncc1CN1CCC(Cn2cc(C(C)O)nn2)CC1. The highest BCUT2D eigenvalue weighted by atomic mass is 16.3. The number of rotatable bonds is 6. The van der Waals surface area contributed by atoms with Crippen LogP contribution in [0.15, 0.2) is 18.7 Å². The first-order valence-electron chi connectivity index (χ1n) is 8.45. The van der Waals surface area contributed by atoms with Crippen LogP contribution in [-0.2, 0) is 19.6 Å². The van der Waals surface area contributed by atoms with Gasteiger partial charge < -0.3 is 9.67 Å². The van der Waals surface area contributed by atoms with Crippen LogP contribution in [-0.4, -0.2) is 47.6 Å². The van der Waals surface area contributed by atoms with Gasteiger partial charge in [0, 0.05) is 25.8 Å². The van der Waals surface area contributed by atoms with Crippen LogP contribution < -0.4 is 0 Å². The monoisotopic (exact) mass is 318 g/mol. The molecule has 126 valence electrons. The molecule has 1 N–H and O–H groups in total. The lowest BCUT2D eigenvalue weighted by atomic mass is 9.97. The van der Waals surface area contributed by atoms with E-state index in [1.165, 1.54) is 18.5 Å². The molecule has 1 aliphatic heterocycles. The molecule has 0 aliphatic carbocycles. The van der Waals surface area contributed by atoms with E-state index in [9.17, 15) is 5.11 Å². The number of aromatic nitrogens is 5. The summed E-state index contributed by atoms with van der Waals surface area (Å²) in [6, 6.07) is 0. The van der Waals surface area contributed by atoms with Gasteiger partial charge in [0.05, 0.1) is 24.3 Å². The van der Waals surface area contributed by atoms with E-state index in [1.54, 1.807) is 6.92 Å². The van der Waals surface area contributed by atoms with Gasteiger partial charge in [0.25, 0.3) is 0 Å². The van der Waals surface area contributed by atoms with Crippen LogP contribution in [0, 0.1) is 5.92 Å². The van der Waals surface area contributed by atoms with E-state index in [0.29, 0.717) is 11.6 Å². The van der Waals surface area contributed by atoms with Crippen molar-refractivity contribution in [1.82, 2.24) is 29.4 Å². The molecule has 2 aromatic rings. The van der Waals surface area contributed by atoms with Crippen molar-refractivity contribution >= 4 is 0 Å². The zero-order chi connectivity index (χ0) is 16.2. The number of hydrogen-bond donors (Lipinski definition) is 1. The summed E-state index contributed by atoms with van der Waals surface area (Å²) in [6.45, 7) is 8.93. The number of aliphatic hydroxyl groups excluding tert-OH is 1. The molecule has 0 aromatic carbocycles. The molecule has 0 saturated carbocycles. The predicted molar refractivity (Wildman–Crippen MR) is 86.6 cm³/mol. The van der Waals surface area contributed by atoms with Gasteiger partial charge in [-0.1, -0.05) is 5.21 Å². The molecule has 0 amide bonds.